The number of nitrogen functional groups attached to an aromatic ring is 1. The molecule has 0 bridgehead atoms. The summed E-state index contributed by atoms with van der Waals surface area (Å²) < 4.78 is 0. The average Bonchev–Trinajstić information content (AvgIpc) is 2.58. The number of nitriles is 1. The van der Waals surface area contributed by atoms with Gasteiger partial charge in [0.15, 0.2) is 0 Å². The third-order valence-corrected chi connectivity index (χ3v) is 4.21. The number of hydrogen-bond acceptors (Lipinski definition) is 4. The summed E-state index contributed by atoms with van der Waals surface area (Å²) in [5.74, 6) is -0.241. The number of benzene rings is 2. The second kappa shape index (κ2) is 8.41. The van der Waals surface area contributed by atoms with Crippen LogP contribution in [0.5, 0.6) is 0 Å². The van der Waals surface area contributed by atoms with E-state index in [1.165, 1.54) is 6.20 Å². The highest BCUT2D eigenvalue weighted by Crippen LogP contribution is 2.28. The lowest BCUT2D eigenvalue weighted by atomic mass is 9.98. The lowest BCUT2D eigenvalue weighted by Crippen LogP contribution is -2.17. The van der Waals surface area contributed by atoms with Crippen LogP contribution in [-0.2, 0) is 4.79 Å². The van der Waals surface area contributed by atoms with Crippen LogP contribution in [0.4, 0.5) is 17.1 Å². The first-order chi connectivity index (χ1) is 12.3. The van der Waals surface area contributed by atoms with Gasteiger partial charge in [-0.2, -0.15) is 5.26 Å². The first-order valence-corrected chi connectivity index (χ1v) is 8.54. The maximum atomic E-state index is 12.5. The molecule has 0 saturated carbocycles. The van der Waals surface area contributed by atoms with E-state index in [0.29, 0.717) is 16.4 Å². The first kappa shape index (κ1) is 19.4. The highest BCUT2D eigenvalue weighted by molar-refractivity contribution is 6.33. The Morgan fingerprint density at radius 3 is 2.65 bits per heavy atom. The number of hydrogen-bond donors (Lipinski definition) is 3. The van der Waals surface area contributed by atoms with Gasteiger partial charge in [0.1, 0.15) is 11.6 Å². The van der Waals surface area contributed by atoms with Crippen LogP contribution in [0, 0.1) is 18.3 Å². The largest absolute Gasteiger partial charge is 0.399 e. The third kappa shape index (κ3) is 4.56. The molecule has 6 heteroatoms. The van der Waals surface area contributed by atoms with Crippen molar-refractivity contribution in [3.05, 3.63) is 64.3 Å². The molecule has 4 N–H and O–H groups in total. The summed E-state index contributed by atoms with van der Waals surface area (Å²) in [5, 5.41) is 15.5. The normalized spacial score (nSPS) is 11.2. The summed E-state index contributed by atoms with van der Waals surface area (Å²) in [6, 6.07) is 12.7. The Kier molecular flexibility index (Phi) is 6.26. The van der Waals surface area contributed by atoms with E-state index in [4.69, 9.17) is 17.3 Å². The summed E-state index contributed by atoms with van der Waals surface area (Å²) in [5.41, 5.74) is 9.37. The molecule has 134 valence electrons. The van der Waals surface area contributed by atoms with Crippen LogP contribution >= 0.6 is 11.6 Å². The molecule has 0 aliphatic carbocycles. The number of halogens is 1. The SMILES string of the molecule is Cc1cccc(C(C)C)c1NC(=O)/C(C#N)=C\Nc1ccc(N)cc1Cl. The van der Waals surface area contributed by atoms with Gasteiger partial charge in [-0.3, -0.25) is 4.79 Å². The van der Waals surface area contributed by atoms with Crippen molar-refractivity contribution in [3.63, 3.8) is 0 Å². The van der Waals surface area contributed by atoms with E-state index < -0.39 is 5.91 Å². The Hall–Kier alpha value is -2.97. The predicted octanol–water partition coefficient (Wildman–Crippen LogP) is 4.81. The van der Waals surface area contributed by atoms with Crippen molar-refractivity contribution in [1.29, 1.82) is 5.26 Å². The minimum atomic E-state index is -0.484. The van der Waals surface area contributed by atoms with E-state index >= 15 is 0 Å². The fourth-order valence-corrected chi connectivity index (χ4v) is 2.71. The second-order valence-corrected chi connectivity index (χ2v) is 6.61. The van der Waals surface area contributed by atoms with Crippen LogP contribution in [0.2, 0.25) is 5.02 Å². The van der Waals surface area contributed by atoms with Gasteiger partial charge in [-0.05, 0) is 42.2 Å². The minimum absolute atomic E-state index is 0.0594. The quantitative estimate of drug-likeness (QED) is 0.401. The molecule has 26 heavy (non-hydrogen) atoms. The predicted molar refractivity (Wildman–Crippen MR) is 107 cm³/mol. The lowest BCUT2D eigenvalue weighted by Gasteiger charge is -2.16. The summed E-state index contributed by atoms with van der Waals surface area (Å²) in [6.45, 7) is 6.02. The Morgan fingerprint density at radius 1 is 1.31 bits per heavy atom. The van der Waals surface area contributed by atoms with E-state index in [9.17, 15) is 10.1 Å². The van der Waals surface area contributed by atoms with Crippen molar-refractivity contribution in [3.8, 4) is 6.07 Å². The molecule has 0 heterocycles. The molecule has 0 atom stereocenters. The number of nitrogens with zero attached hydrogens (tertiary/aromatic N) is 1. The van der Waals surface area contributed by atoms with Crippen molar-refractivity contribution < 1.29 is 4.79 Å². The molecule has 0 aliphatic rings. The van der Waals surface area contributed by atoms with E-state index in [0.717, 1.165) is 16.8 Å². The standard InChI is InChI=1S/C20H21ClN4O/c1-12(2)16-6-4-5-13(3)19(16)25-20(26)14(10-22)11-24-18-8-7-15(23)9-17(18)21/h4-9,11-12,24H,23H2,1-3H3,(H,25,26)/b14-11-. The lowest BCUT2D eigenvalue weighted by molar-refractivity contribution is -0.112. The molecule has 0 spiro atoms. The van der Waals surface area contributed by atoms with Crippen molar-refractivity contribution in [1.82, 2.24) is 0 Å². The molecule has 0 radical (unpaired) electrons. The fraction of sp³-hybridized carbons (Fsp3) is 0.200. The van der Waals surface area contributed by atoms with Gasteiger partial charge in [-0.25, -0.2) is 0 Å². The Morgan fingerprint density at radius 2 is 2.04 bits per heavy atom. The van der Waals surface area contributed by atoms with Gasteiger partial charge in [0.25, 0.3) is 5.91 Å². The number of amides is 1. The first-order valence-electron chi connectivity index (χ1n) is 8.16. The number of nitrogens with one attached hydrogen (secondary N) is 2. The average molecular weight is 369 g/mol. The van der Waals surface area contributed by atoms with Crippen LogP contribution in [-0.4, -0.2) is 5.91 Å². The van der Waals surface area contributed by atoms with Gasteiger partial charge in [-0.15, -0.1) is 0 Å². The van der Waals surface area contributed by atoms with Gasteiger partial charge in [0, 0.05) is 17.6 Å². The van der Waals surface area contributed by atoms with Gasteiger partial charge in [0.05, 0.1) is 10.7 Å². The number of anilines is 3. The van der Waals surface area contributed by atoms with Crippen molar-refractivity contribution in [2.24, 2.45) is 0 Å². The number of rotatable bonds is 5. The highest BCUT2D eigenvalue weighted by Gasteiger charge is 2.15. The molecule has 0 aliphatic heterocycles. The van der Waals surface area contributed by atoms with Gasteiger partial charge in [0.2, 0.25) is 0 Å². The molecule has 2 rings (SSSR count). The maximum absolute atomic E-state index is 12.5. The second-order valence-electron chi connectivity index (χ2n) is 6.20. The monoisotopic (exact) mass is 368 g/mol. The molecule has 0 unspecified atom stereocenters. The molecule has 1 amide bonds. The molecular formula is C20H21ClN4O. The smallest absolute Gasteiger partial charge is 0.267 e. The van der Waals surface area contributed by atoms with Gasteiger partial charge >= 0.3 is 0 Å². The Labute approximate surface area is 158 Å². The van der Waals surface area contributed by atoms with E-state index in [1.807, 2.05) is 31.2 Å². The van der Waals surface area contributed by atoms with Crippen molar-refractivity contribution in [2.45, 2.75) is 26.7 Å². The van der Waals surface area contributed by atoms with E-state index in [-0.39, 0.29) is 11.5 Å². The summed E-state index contributed by atoms with van der Waals surface area (Å²) in [4.78, 5) is 12.5. The third-order valence-electron chi connectivity index (χ3n) is 3.90. The number of carbonyl (C=O) groups excluding carboxylic acids is 1. The van der Waals surface area contributed by atoms with E-state index in [2.05, 4.69) is 24.5 Å². The molecule has 5 nitrogen and oxygen atoms in total. The fourth-order valence-electron chi connectivity index (χ4n) is 2.47. The Balaban J connectivity index is 2.23. The van der Waals surface area contributed by atoms with Crippen LogP contribution in [0.15, 0.2) is 48.2 Å². The minimum Gasteiger partial charge on any atom is -0.399 e. The van der Waals surface area contributed by atoms with Gasteiger partial charge < -0.3 is 16.4 Å². The summed E-state index contributed by atoms with van der Waals surface area (Å²) in [7, 11) is 0. The number of carbonyl (C=O) groups is 1. The zero-order chi connectivity index (χ0) is 19.3. The molecule has 2 aromatic carbocycles. The number of para-hydroxylation sites is 1. The van der Waals surface area contributed by atoms with Crippen LogP contribution in [0.25, 0.3) is 0 Å². The van der Waals surface area contributed by atoms with Crippen LogP contribution in [0.1, 0.15) is 30.9 Å². The highest BCUT2D eigenvalue weighted by atomic mass is 35.5. The summed E-state index contributed by atoms with van der Waals surface area (Å²) in [6.07, 6.45) is 1.33. The van der Waals surface area contributed by atoms with Crippen LogP contribution < -0.4 is 16.4 Å². The Bertz CT molecular complexity index is 897. The number of aryl methyl sites for hydroxylation is 1. The molecular weight excluding hydrogens is 348 g/mol. The maximum Gasteiger partial charge on any atom is 0.267 e. The molecule has 0 aromatic heterocycles. The van der Waals surface area contributed by atoms with Gasteiger partial charge in [-0.1, -0.05) is 43.6 Å². The molecule has 0 fully saturated rings. The summed E-state index contributed by atoms with van der Waals surface area (Å²) >= 11 is 6.09. The topological polar surface area (TPSA) is 90.9 Å². The molecule has 0 saturated heterocycles. The zero-order valence-corrected chi connectivity index (χ0v) is 15.7. The van der Waals surface area contributed by atoms with Crippen molar-refractivity contribution >= 4 is 34.6 Å². The zero-order valence-electron chi connectivity index (χ0n) is 14.9. The number of nitrogens with two attached hydrogens (primary N) is 1. The van der Waals surface area contributed by atoms with E-state index in [1.54, 1.807) is 18.2 Å². The molecule has 2 aromatic rings. The van der Waals surface area contributed by atoms with Crippen LogP contribution in [0.3, 0.4) is 0 Å². The van der Waals surface area contributed by atoms with Crippen molar-refractivity contribution in [2.75, 3.05) is 16.4 Å².